The molecule has 1 aliphatic rings. The molecule has 0 aromatic rings. The lowest BCUT2D eigenvalue weighted by molar-refractivity contribution is -0.146. The Morgan fingerprint density at radius 2 is 1.29 bits per heavy atom. The fraction of sp³-hybridized carbons (Fsp3) is 0.852. The van der Waals surface area contributed by atoms with E-state index in [1.165, 1.54) is 103 Å². The molecule has 4 nitrogen and oxygen atoms in total. The SMILES string of the molecule is CCCCCCCCCC/C=C/CCCCCCCCCCOC(=O)[C@@H]1CCC(=O)N1. The first-order valence-corrected chi connectivity index (χ1v) is 13.3. The van der Waals surface area contributed by atoms with E-state index in [-0.39, 0.29) is 11.9 Å². The lowest BCUT2D eigenvalue weighted by Crippen LogP contribution is -2.34. The summed E-state index contributed by atoms with van der Waals surface area (Å²) in [6.45, 7) is 2.76. The quantitative estimate of drug-likeness (QED) is 0.116. The van der Waals surface area contributed by atoms with Crippen LogP contribution in [0.1, 0.15) is 135 Å². The summed E-state index contributed by atoms with van der Waals surface area (Å²) in [6.07, 6.45) is 29.4. The Kier molecular flexibility index (Phi) is 18.4. The van der Waals surface area contributed by atoms with Crippen molar-refractivity contribution in [3.63, 3.8) is 0 Å². The van der Waals surface area contributed by atoms with Crippen LogP contribution in [0, 0.1) is 0 Å². The number of hydrogen-bond acceptors (Lipinski definition) is 3. The Labute approximate surface area is 192 Å². The van der Waals surface area contributed by atoms with Crippen LogP contribution in [-0.4, -0.2) is 24.5 Å². The maximum atomic E-state index is 11.7. The van der Waals surface area contributed by atoms with Crippen LogP contribution in [0.3, 0.4) is 0 Å². The summed E-state index contributed by atoms with van der Waals surface area (Å²) in [5, 5.41) is 2.65. The Balaban J connectivity index is 1.72. The summed E-state index contributed by atoms with van der Waals surface area (Å²) in [6, 6.07) is -0.410. The Bertz CT molecular complexity index is 475. The van der Waals surface area contributed by atoms with E-state index in [1.807, 2.05) is 0 Å². The van der Waals surface area contributed by atoms with Gasteiger partial charge in [-0.25, -0.2) is 4.79 Å². The van der Waals surface area contributed by atoms with Crippen molar-refractivity contribution in [2.75, 3.05) is 6.61 Å². The van der Waals surface area contributed by atoms with E-state index in [2.05, 4.69) is 24.4 Å². The summed E-state index contributed by atoms with van der Waals surface area (Å²) >= 11 is 0. The molecule has 1 amide bonds. The Morgan fingerprint density at radius 3 is 1.77 bits per heavy atom. The number of hydrogen-bond donors (Lipinski definition) is 1. The van der Waals surface area contributed by atoms with Crippen molar-refractivity contribution in [3.05, 3.63) is 12.2 Å². The molecule has 0 aliphatic carbocycles. The van der Waals surface area contributed by atoms with Gasteiger partial charge < -0.3 is 10.1 Å². The second-order valence-electron chi connectivity index (χ2n) is 9.18. The summed E-state index contributed by atoms with van der Waals surface area (Å²) in [5.74, 6) is -0.311. The van der Waals surface area contributed by atoms with E-state index in [0.717, 1.165) is 12.8 Å². The van der Waals surface area contributed by atoms with Gasteiger partial charge in [0, 0.05) is 6.42 Å². The van der Waals surface area contributed by atoms with Gasteiger partial charge in [0.2, 0.25) is 5.91 Å². The average Bonchev–Trinajstić information content (AvgIpc) is 3.21. The zero-order valence-electron chi connectivity index (χ0n) is 20.3. The molecule has 1 saturated heterocycles. The molecular formula is C27H49NO3. The summed E-state index contributed by atoms with van der Waals surface area (Å²) in [4.78, 5) is 22.9. The maximum Gasteiger partial charge on any atom is 0.328 e. The van der Waals surface area contributed by atoms with Crippen molar-refractivity contribution in [2.24, 2.45) is 0 Å². The molecule has 31 heavy (non-hydrogen) atoms. The second-order valence-corrected chi connectivity index (χ2v) is 9.18. The van der Waals surface area contributed by atoms with Crippen LogP contribution < -0.4 is 5.32 Å². The van der Waals surface area contributed by atoms with Gasteiger partial charge in [-0.2, -0.15) is 0 Å². The average molecular weight is 436 g/mol. The van der Waals surface area contributed by atoms with Gasteiger partial charge in [0.15, 0.2) is 0 Å². The minimum absolute atomic E-state index is 0.0447. The first kappa shape index (κ1) is 27.7. The van der Waals surface area contributed by atoms with E-state index in [9.17, 15) is 9.59 Å². The second kappa shape index (κ2) is 20.6. The first-order valence-electron chi connectivity index (χ1n) is 13.3. The van der Waals surface area contributed by atoms with E-state index in [1.54, 1.807) is 0 Å². The number of ether oxygens (including phenoxy) is 1. The topological polar surface area (TPSA) is 55.4 Å². The molecule has 0 bridgehead atoms. The van der Waals surface area contributed by atoms with Gasteiger partial charge in [-0.15, -0.1) is 0 Å². The summed E-state index contributed by atoms with van der Waals surface area (Å²) < 4.78 is 5.25. The minimum atomic E-state index is -0.410. The fourth-order valence-corrected chi connectivity index (χ4v) is 4.12. The number of carbonyl (C=O) groups excluding carboxylic acids is 2. The highest BCUT2D eigenvalue weighted by Gasteiger charge is 2.28. The molecule has 4 heteroatoms. The molecule has 1 N–H and O–H groups in total. The summed E-state index contributed by atoms with van der Waals surface area (Å²) in [5.41, 5.74) is 0. The molecule has 1 atom stereocenters. The fourth-order valence-electron chi connectivity index (χ4n) is 4.12. The lowest BCUT2D eigenvalue weighted by Gasteiger charge is -2.09. The normalized spacial score (nSPS) is 16.2. The standard InChI is InChI=1S/C27H49NO3/c1-2-3-4-5-6-7-8-9-10-11-12-13-14-15-16-17-18-19-20-21-24-31-27(30)25-22-23-26(29)28-25/h11-12,25H,2-10,13-24H2,1H3,(H,28,29)/b12-11+/t25-/m0/s1. The van der Waals surface area contributed by atoms with Crippen molar-refractivity contribution < 1.29 is 14.3 Å². The number of unbranched alkanes of at least 4 members (excludes halogenated alkanes) is 16. The third-order valence-corrected chi connectivity index (χ3v) is 6.18. The third kappa shape index (κ3) is 17.0. The van der Waals surface area contributed by atoms with E-state index < -0.39 is 6.04 Å². The van der Waals surface area contributed by atoms with Crippen LogP contribution in [0.15, 0.2) is 12.2 Å². The van der Waals surface area contributed by atoms with E-state index >= 15 is 0 Å². The van der Waals surface area contributed by atoms with Crippen molar-refractivity contribution in [2.45, 2.75) is 141 Å². The molecule has 0 aromatic heterocycles. The van der Waals surface area contributed by atoms with E-state index in [0.29, 0.717) is 19.4 Å². The minimum Gasteiger partial charge on any atom is -0.464 e. The molecule has 1 heterocycles. The largest absolute Gasteiger partial charge is 0.464 e. The van der Waals surface area contributed by atoms with Gasteiger partial charge in [-0.05, 0) is 38.5 Å². The predicted molar refractivity (Wildman–Crippen MR) is 130 cm³/mol. The molecule has 0 radical (unpaired) electrons. The molecule has 1 aliphatic heterocycles. The number of allylic oxidation sites excluding steroid dienone is 2. The smallest absolute Gasteiger partial charge is 0.328 e. The predicted octanol–water partition coefficient (Wildman–Crippen LogP) is 7.41. The number of carbonyl (C=O) groups is 2. The van der Waals surface area contributed by atoms with Crippen molar-refractivity contribution >= 4 is 11.9 Å². The van der Waals surface area contributed by atoms with Gasteiger partial charge in [-0.1, -0.05) is 103 Å². The molecule has 1 fully saturated rings. The molecule has 0 aromatic carbocycles. The number of esters is 1. The lowest BCUT2D eigenvalue weighted by atomic mass is 10.1. The van der Waals surface area contributed by atoms with Crippen LogP contribution in [0.5, 0.6) is 0 Å². The molecule has 0 unspecified atom stereocenters. The van der Waals surface area contributed by atoms with Crippen LogP contribution >= 0.6 is 0 Å². The Hall–Kier alpha value is -1.32. The van der Waals surface area contributed by atoms with Crippen LogP contribution in [0.2, 0.25) is 0 Å². The molecule has 1 rings (SSSR count). The molecule has 180 valence electrons. The van der Waals surface area contributed by atoms with Gasteiger partial charge >= 0.3 is 5.97 Å². The van der Waals surface area contributed by atoms with Gasteiger partial charge in [0.1, 0.15) is 6.04 Å². The van der Waals surface area contributed by atoms with Crippen molar-refractivity contribution in [1.82, 2.24) is 5.32 Å². The molecule has 0 saturated carbocycles. The maximum absolute atomic E-state index is 11.7. The monoisotopic (exact) mass is 435 g/mol. The third-order valence-electron chi connectivity index (χ3n) is 6.18. The van der Waals surface area contributed by atoms with Crippen LogP contribution in [0.25, 0.3) is 0 Å². The Morgan fingerprint density at radius 1 is 0.806 bits per heavy atom. The van der Waals surface area contributed by atoms with Crippen LogP contribution in [-0.2, 0) is 14.3 Å². The number of nitrogens with one attached hydrogen (secondary N) is 1. The van der Waals surface area contributed by atoms with Crippen molar-refractivity contribution in [1.29, 1.82) is 0 Å². The van der Waals surface area contributed by atoms with Gasteiger partial charge in [0.05, 0.1) is 6.61 Å². The highest BCUT2D eigenvalue weighted by molar-refractivity contribution is 5.87. The summed E-state index contributed by atoms with van der Waals surface area (Å²) in [7, 11) is 0. The number of amides is 1. The van der Waals surface area contributed by atoms with Crippen molar-refractivity contribution in [3.8, 4) is 0 Å². The number of rotatable bonds is 21. The van der Waals surface area contributed by atoms with E-state index in [4.69, 9.17) is 4.74 Å². The van der Waals surface area contributed by atoms with Gasteiger partial charge in [0.25, 0.3) is 0 Å². The van der Waals surface area contributed by atoms with Crippen LogP contribution in [0.4, 0.5) is 0 Å². The van der Waals surface area contributed by atoms with Gasteiger partial charge in [-0.3, -0.25) is 4.79 Å². The molecular weight excluding hydrogens is 386 g/mol. The highest BCUT2D eigenvalue weighted by Crippen LogP contribution is 2.12. The zero-order valence-corrected chi connectivity index (χ0v) is 20.3. The first-order chi connectivity index (χ1) is 15.2. The zero-order chi connectivity index (χ0) is 22.4. The highest BCUT2D eigenvalue weighted by atomic mass is 16.5. The molecule has 0 spiro atoms.